The molecule has 7 heteroatoms. The number of fused-ring (bicyclic) bond motifs is 1. The van der Waals surface area contributed by atoms with Gasteiger partial charge in [-0.3, -0.25) is 0 Å². The summed E-state index contributed by atoms with van der Waals surface area (Å²) in [4.78, 5) is 23.3. The zero-order valence-electron chi connectivity index (χ0n) is 11.4. The van der Waals surface area contributed by atoms with E-state index in [1.54, 1.807) is 12.1 Å². The van der Waals surface area contributed by atoms with E-state index in [9.17, 15) is 9.59 Å². The van der Waals surface area contributed by atoms with Gasteiger partial charge in [0.05, 0.1) is 5.56 Å². The molecule has 2 rings (SSSR count). The van der Waals surface area contributed by atoms with Crippen molar-refractivity contribution in [1.82, 2.24) is 0 Å². The minimum Gasteiger partial charge on any atom is -0.461 e. The molecule has 2 aromatic carbocycles. The van der Waals surface area contributed by atoms with Crippen molar-refractivity contribution in [2.24, 2.45) is 0 Å². The number of halogens is 2. The van der Waals surface area contributed by atoms with Gasteiger partial charge in [0, 0.05) is 11.1 Å². The highest BCUT2D eigenvalue weighted by Crippen LogP contribution is 2.25. The van der Waals surface area contributed by atoms with Crippen molar-refractivity contribution in [3.63, 3.8) is 0 Å². The lowest BCUT2D eigenvalue weighted by Gasteiger charge is -2.09. The summed E-state index contributed by atoms with van der Waals surface area (Å²) in [6.45, 7) is -0.0266. The van der Waals surface area contributed by atoms with Crippen LogP contribution in [0.2, 0.25) is 0 Å². The zero-order chi connectivity index (χ0) is 16.1. The molecule has 116 valence electrons. The van der Waals surface area contributed by atoms with E-state index < -0.39 is 15.7 Å². The summed E-state index contributed by atoms with van der Waals surface area (Å²) in [5.41, 5.74) is 6.91. The molecule has 0 aliphatic heterocycles. The molecule has 0 aromatic heterocycles. The van der Waals surface area contributed by atoms with Crippen LogP contribution in [-0.2, 0) is 14.3 Å². The summed E-state index contributed by atoms with van der Waals surface area (Å²) in [6.07, 6.45) is 0. The molecule has 0 bridgehead atoms. The van der Waals surface area contributed by atoms with Crippen molar-refractivity contribution >= 4 is 60.3 Å². The molecule has 2 N–H and O–H groups in total. The largest absolute Gasteiger partial charge is 0.461 e. The minimum atomic E-state index is -0.572. The number of esters is 2. The van der Waals surface area contributed by atoms with Crippen LogP contribution in [0.1, 0.15) is 10.4 Å². The fourth-order valence-electron chi connectivity index (χ4n) is 1.92. The molecule has 0 aliphatic rings. The molecule has 22 heavy (non-hydrogen) atoms. The zero-order valence-corrected chi connectivity index (χ0v) is 14.6. The predicted molar refractivity (Wildman–Crippen MR) is 91.2 cm³/mol. The maximum absolute atomic E-state index is 12.1. The lowest BCUT2D eigenvalue weighted by molar-refractivity contribution is -0.142. The highest BCUT2D eigenvalue weighted by Gasteiger charge is 2.14. The van der Waals surface area contributed by atoms with E-state index in [1.165, 1.54) is 0 Å². The Bertz CT molecular complexity index is 703. The Labute approximate surface area is 144 Å². The van der Waals surface area contributed by atoms with Crippen LogP contribution < -0.4 is 5.73 Å². The van der Waals surface area contributed by atoms with Gasteiger partial charge in [-0.1, -0.05) is 56.1 Å². The molecule has 5 nitrogen and oxygen atoms in total. The summed E-state index contributed by atoms with van der Waals surface area (Å²) >= 11 is 6.03. The molecule has 0 atom stereocenters. The van der Waals surface area contributed by atoms with E-state index in [4.69, 9.17) is 15.2 Å². The van der Waals surface area contributed by atoms with Gasteiger partial charge in [0.25, 0.3) is 0 Å². The summed E-state index contributed by atoms with van der Waals surface area (Å²) in [5, 5.41) is 1.52. The first-order valence-corrected chi connectivity index (χ1v) is 8.23. The molecule has 0 spiro atoms. The van der Waals surface area contributed by atoms with Gasteiger partial charge in [-0.15, -0.1) is 0 Å². The third-order valence-electron chi connectivity index (χ3n) is 2.92. The quantitative estimate of drug-likeness (QED) is 0.341. The first-order valence-electron chi connectivity index (χ1n) is 6.40. The second kappa shape index (κ2) is 7.60. The molecule has 0 saturated carbocycles. The van der Waals surface area contributed by atoms with Crippen molar-refractivity contribution in [1.29, 1.82) is 0 Å². The Balaban J connectivity index is 2.02. The Morgan fingerprint density at radius 1 is 1.00 bits per heavy atom. The van der Waals surface area contributed by atoms with Crippen LogP contribution in [0.15, 0.2) is 36.4 Å². The number of ether oxygens (including phenoxy) is 2. The normalized spacial score (nSPS) is 10.7. The van der Waals surface area contributed by atoms with E-state index in [-0.39, 0.29) is 13.2 Å². The Hall–Kier alpha value is -1.60. The van der Waals surface area contributed by atoms with Crippen LogP contribution in [0, 0.1) is 0 Å². The van der Waals surface area contributed by atoms with Gasteiger partial charge in [-0.05, 0) is 17.5 Å². The standard InChI is InChI=1S/C15H13Br2NO4/c16-13(17)15(20)22-8-7-21-14(19)11-5-6-12(18)10-4-2-1-3-9(10)11/h1-6,13H,7-8,18H2. The summed E-state index contributed by atoms with van der Waals surface area (Å²) in [7, 11) is 0. The summed E-state index contributed by atoms with van der Waals surface area (Å²) in [6, 6.07) is 10.6. The molecule has 2 aromatic rings. The summed E-state index contributed by atoms with van der Waals surface area (Å²) in [5.74, 6) is -0.963. The lowest BCUT2D eigenvalue weighted by atomic mass is 10.0. The molecule has 0 radical (unpaired) electrons. The molecule has 0 heterocycles. The van der Waals surface area contributed by atoms with Gasteiger partial charge in [0.15, 0.2) is 3.74 Å². The smallest absolute Gasteiger partial charge is 0.338 e. The van der Waals surface area contributed by atoms with E-state index in [0.717, 1.165) is 10.8 Å². The Kier molecular flexibility index (Phi) is 5.79. The van der Waals surface area contributed by atoms with Gasteiger partial charge in [-0.2, -0.15) is 0 Å². The third kappa shape index (κ3) is 3.98. The van der Waals surface area contributed by atoms with Crippen molar-refractivity contribution in [2.45, 2.75) is 3.74 Å². The molecule has 0 saturated heterocycles. The van der Waals surface area contributed by atoms with E-state index >= 15 is 0 Å². The third-order valence-corrected chi connectivity index (χ3v) is 3.66. The van der Waals surface area contributed by atoms with Crippen LogP contribution in [0.5, 0.6) is 0 Å². The van der Waals surface area contributed by atoms with Gasteiger partial charge < -0.3 is 15.2 Å². The van der Waals surface area contributed by atoms with Crippen LogP contribution >= 0.6 is 31.9 Å². The number of carbonyl (C=O) groups excluding carboxylic acids is 2. The topological polar surface area (TPSA) is 78.6 Å². The number of nitrogens with two attached hydrogens (primary N) is 1. The molecular formula is C15H13Br2NO4. The monoisotopic (exact) mass is 429 g/mol. The number of nitrogen functional groups attached to an aromatic ring is 1. The Morgan fingerprint density at radius 2 is 1.64 bits per heavy atom. The van der Waals surface area contributed by atoms with Crippen LogP contribution in [0.4, 0.5) is 5.69 Å². The Morgan fingerprint density at radius 3 is 2.32 bits per heavy atom. The molecular weight excluding hydrogens is 418 g/mol. The number of anilines is 1. The second-order valence-electron chi connectivity index (χ2n) is 4.35. The van der Waals surface area contributed by atoms with Gasteiger partial charge in [0.1, 0.15) is 13.2 Å². The minimum absolute atomic E-state index is 0.00875. The molecule has 0 aliphatic carbocycles. The maximum atomic E-state index is 12.1. The first-order chi connectivity index (χ1) is 10.5. The number of alkyl halides is 2. The van der Waals surface area contributed by atoms with E-state index in [0.29, 0.717) is 11.3 Å². The average molecular weight is 431 g/mol. The van der Waals surface area contributed by atoms with Crippen molar-refractivity contribution in [2.75, 3.05) is 18.9 Å². The predicted octanol–water partition coefficient (Wildman–Crippen LogP) is 3.24. The van der Waals surface area contributed by atoms with Gasteiger partial charge in [0.2, 0.25) is 0 Å². The van der Waals surface area contributed by atoms with Gasteiger partial charge >= 0.3 is 11.9 Å². The number of hydrogen-bond acceptors (Lipinski definition) is 5. The van der Waals surface area contributed by atoms with Crippen molar-refractivity contribution < 1.29 is 19.1 Å². The molecule has 0 amide bonds. The number of benzene rings is 2. The maximum Gasteiger partial charge on any atom is 0.338 e. The number of hydrogen-bond donors (Lipinski definition) is 1. The van der Waals surface area contributed by atoms with E-state index in [1.807, 2.05) is 24.3 Å². The second-order valence-corrected chi connectivity index (χ2v) is 7.41. The fourth-order valence-corrected chi connectivity index (χ4v) is 2.18. The van der Waals surface area contributed by atoms with Crippen LogP contribution in [0.3, 0.4) is 0 Å². The van der Waals surface area contributed by atoms with E-state index in [2.05, 4.69) is 31.9 Å². The van der Waals surface area contributed by atoms with Crippen molar-refractivity contribution in [3.05, 3.63) is 42.0 Å². The average Bonchev–Trinajstić information content (AvgIpc) is 2.51. The fraction of sp³-hybridized carbons (Fsp3) is 0.200. The number of carbonyl (C=O) groups is 2. The highest BCUT2D eigenvalue weighted by atomic mass is 79.9. The van der Waals surface area contributed by atoms with Crippen LogP contribution in [-0.4, -0.2) is 28.9 Å². The molecule has 0 unspecified atom stereocenters. The first kappa shape index (κ1) is 16.8. The highest BCUT2D eigenvalue weighted by molar-refractivity contribution is 9.25. The summed E-state index contributed by atoms with van der Waals surface area (Å²) < 4.78 is 9.41. The number of rotatable bonds is 5. The molecule has 0 fully saturated rings. The van der Waals surface area contributed by atoms with Crippen molar-refractivity contribution in [3.8, 4) is 0 Å². The SMILES string of the molecule is Nc1ccc(C(=O)OCCOC(=O)C(Br)Br)c2ccccc12. The lowest BCUT2D eigenvalue weighted by Crippen LogP contribution is -2.17. The van der Waals surface area contributed by atoms with Gasteiger partial charge in [-0.25, -0.2) is 9.59 Å². The van der Waals surface area contributed by atoms with Crippen LogP contribution in [0.25, 0.3) is 10.8 Å².